The van der Waals surface area contributed by atoms with Crippen molar-refractivity contribution in [2.75, 3.05) is 0 Å². The number of fused-ring (bicyclic) bond motifs is 1. The van der Waals surface area contributed by atoms with Crippen molar-refractivity contribution in [3.63, 3.8) is 0 Å². The lowest BCUT2D eigenvalue weighted by Crippen LogP contribution is -2.08. The van der Waals surface area contributed by atoms with Gasteiger partial charge in [-0.1, -0.05) is 30.3 Å². The fourth-order valence-corrected chi connectivity index (χ4v) is 3.24. The number of benzene rings is 2. The molecule has 1 saturated carbocycles. The third-order valence-electron chi connectivity index (χ3n) is 4.45. The van der Waals surface area contributed by atoms with Gasteiger partial charge in [-0.2, -0.15) is 0 Å². The van der Waals surface area contributed by atoms with Crippen LogP contribution in [0.2, 0.25) is 0 Å². The van der Waals surface area contributed by atoms with E-state index in [1.165, 1.54) is 12.1 Å². The van der Waals surface area contributed by atoms with Crippen molar-refractivity contribution in [3.8, 4) is 11.1 Å². The molecule has 1 N–H and O–H groups in total. The summed E-state index contributed by atoms with van der Waals surface area (Å²) in [6.45, 7) is 0. The zero-order valence-electron chi connectivity index (χ0n) is 13.0. The highest BCUT2D eigenvalue weighted by Crippen LogP contribution is 2.45. The number of hydrogen-bond acceptors (Lipinski definition) is 2. The number of halogens is 1. The van der Waals surface area contributed by atoms with E-state index in [0.717, 1.165) is 46.1 Å². The van der Waals surface area contributed by atoms with Crippen molar-refractivity contribution in [2.24, 2.45) is 0 Å². The van der Waals surface area contributed by atoms with E-state index in [2.05, 4.69) is 0 Å². The molecule has 3 nitrogen and oxygen atoms in total. The van der Waals surface area contributed by atoms with Gasteiger partial charge in [0, 0.05) is 17.0 Å². The molecule has 1 heterocycles. The lowest BCUT2D eigenvalue weighted by Gasteiger charge is -2.16. The summed E-state index contributed by atoms with van der Waals surface area (Å²) in [5.41, 5.74) is 4.19. The first kappa shape index (κ1) is 14.8. The predicted octanol–water partition coefficient (Wildman–Crippen LogP) is 4.55. The second-order valence-electron chi connectivity index (χ2n) is 6.22. The minimum absolute atomic E-state index is 0.0730. The van der Waals surface area contributed by atoms with E-state index in [1.54, 1.807) is 12.1 Å². The lowest BCUT2D eigenvalue weighted by molar-refractivity contribution is -0.136. The summed E-state index contributed by atoms with van der Waals surface area (Å²) < 4.78 is 13.3. The monoisotopic (exact) mass is 321 g/mol. The van der Waals surface area contributed by atoms with Gasteiger partial charge in [0.1, 0.15) is 5.82 Å². The van der Waals surface area contributed by atoms with Crippen LogP contribution in [0.15, 0.2) is 48.5 Å². The highest BCUT2D eigenvalue weighted by atomic mass is 19.1. The second kappa shape index (κ2) is 5.71. The molecular weight excluding hydrogens is 305 g/mol. The van der Waals surface area contributed by atoms with Crippen LogP contribution in [-0.2, 0) is 11.2 Å². The maximum atomic E-state index is 13.3. The molecular formula is C20H16FNO2. The number of nitrogens with zero attached hydrogens (tertiary/aromatic N) is 1. The van der Waals surface area contributed by atoms with Crippen LogP contribution >= 0.6 is 0 Å². The number of aromatic nitrogens is 1. The third-order valence-corrected chi connectivity index (χ3v) is 4.45. The Morgan fingerprint density at radius 3 is 2.50 bits per heavy atom. The Balaban J connectivity index is 2.06. The molecule has 4 heteroatoms. The van der Waals surface area contributed by atoms with Gasteiger partial charge >= 0.3 is 5.97 Å². The minimum atomic E-state index is -0.877. The molecule has 0 bridgehead atoms. The number of carbonyl (C=O) groups is 1. The Hall–Kier alpha value is -2.75. The number of hydrogen-bond donors (Lipinski definition) is 1. The summed E-state index contributed by atoms with van der Waals surface area (Å²) in [7, 11) is 0. The zero-order valence-corrected chi connectivity index (χ0v) is 13.0. The molecule has 0 spiro atoms. The molecule has 0 amide bonds. The molecule has 0 unspecified atom stereocenters. The molecule has 3 aromatic rings. The van der Waals surface area contributed by atoms with Gasteiger partial charge in [-0.3, -0.25) is 9.78 Å². The van der Waals surface area contributed by atoms with Gasteiger partial charge in [0.2, 0.25) is 0 Å². The van der Waals surface area contributed by atoms with Gasteiger partial charge in [-0.05, 0) is 47.7 Å². The van der Waals surface area contributed by atoms with E-state index in [0.29, 0.717) is 5.92 Å². The van der Waals surface area contributed by atoms with Crippen LogP contribution in [-0.4, -0.2) is 16.1 Å². The summed E-state index contributed by atoms with van der Waals surface area (Å²) in [6, 6.07) is 14.0. The summed E-state index contributed by atoms with van der Waals surface area (Å²) >= 11 is 0. The topological polar surface area (TPSA) is 50.2 Å². The van der Waals surface area contributed by atoms with E-state index in [1.807, 2.05) is 24.3 Å². The van der Waals surface area contributed by atoms with Gasteiger partial charge in [-0.25, -0.2) is 4.39 Å². The quantitative estimate of drug-likeness (QED) is 0.767. The molecule has 0 radical (unpaired) electrons. The molecule has 0 atom stereocenters. The van der Waals surface area contributed by atoms with Crippen LogP contribution in [0.5, 0.6) is 0 Å². The van der Waals surface area contributed by atoms with E-state index in [9.17, 15) is 14.3 Å². The van der Waals surface area contributed by atoms with Gasteiger partial charge in [0.25, 0.3) is 0 Å². The Kier molecular flexibility index (Phi) is 3.53. The predicted molar refractivity (Wildman–Crippen MR) is 90.5 cm³/mol. The highest BCUT2D eigenvalue weighted by Gasteiger charge is 2.30. The summed E-state index contributed by atoms with van der Waals surface area (Å²) in [6.07, 6.45) is 2.01. The highest BCUT2D eigenvalue weighted by molar-refractivity contribution is 5.98. The van der Waals surface area contributed by atoms with Gasteiger partial charge in [0.05, 0.1) is 11.9 Å². The van der Waals surface area contributed by atoms with Crippen molar-refractivity contribution in [1.29, 1.82) is 0 Å². The van der Waals surface area contributed by atoms with Gasteiger partial charge in [-0.15, -0.1) is 0 Å². The smallest absolute Gasteiger partial charge is 0.307 e. The van der Waals surface area contributed by atoms with E-state index < -0.39 is 5.97 Å². The normalized spacial score (nSPS) is 14.0. The summed E-state index contributed by atoms with van der Waals surface area (Å²) in [4.78, 5) is 16.2. The lowest BCUT2D eigenvalue weighted by atomic mass is 9.91. The molecule has 4 rings (SSSR count). The Morgan fingerprint density at radius 2 is 1.83 bits per heavy atom. The van der Waals surface area contributed by atoms with Crippen molar-refractivity contribution in [1.82, 2.24) is 4.98 Å². The zero-order chi connectivity index (χ0) is 16.7. The van der Waals surface area contributed by atoms with Crippen LogP contribution in [0.25, 0.3) is 22.0 Å². The van der Waals surface area contributed by atoms with Crippen molar-refractivity contribution in [3.05, 3.63) is 65.6 Å². The average molecular weight is 321 g/mol. The molecule has 0 aliphatic heterocycles. The van der Waals surface area contributed by atoms with E-state index >= 15 is 0 Å². The molecule has 1 aliphatic carbocycles. The van der Waals surface area contributed by atoms with Gasteiger partial charge in [0.15, 0.2) is 0 Å². The second-order valence-corrected chi connectivity index (χ2v) is 6.22. The van der Waals surface area contributed by atoms with Crippen molar-refractivity contribution >= 4 is 16.9 Å². The van der Waals surface area contributed by atoms with Crippen LogP contribution in [0.3, 0.4) is 0 Å². The van der Waals surface area contributed by atoms with Gasteiger partial charge < -0.3 is 5.11 Å². The first-order valence-electron chi connectivity index (χ1n) is 8.02. The number of carboxylic acid groups (broad SMARTS) is 1. The SMILES string of the molecule is O=C(O)Cc1c(C2CC2)nc2ccccc2c1-c1ccc(F)cc1. The number of carboxylic acids is 1. The summed E-state index contributed by atoms with van der Waals surface area (Å²) in [5, 5.41) is 10.3. The number of aliphatic carboxylic acids is 1. The Labute approximate surface area is 138 Å². The standard InChI is InChI=1S/C20H16FNO2/c21-14-9-7-12(8-10-14)19-15-3-1-2-4-17(15)22-20(13-5-6-13)16(19)11-18(23)24/h1-4,7-10,13H,5-6,11H2,(H,23,24). The molecule has 24 heavy (non-hydrogen) atoms. The van der Waals surface area contributed by atoms with Crippen LogP contribution in [0, 0.1) is 5.82 Å². The molecule has 2 aromatic carbocycles. The average Bonchev–Trinajstić information content (AvgIpc) is 3.40. The third kappa shape index (κ3) is 2.64. The molecule has 1 fully saturated rings. The number of pyridine rings is 1. The fourth-order valence-electron chi connectivity index (χ4n) is 3.24. The maximum absolute atomic E-state index is 13.3. The first-order valence-corrected chi connectivity index (χ1v) is 8.02. The van der Waals surface area contributed by atoms with Crippen molar-refractivity contribution < 1.29 is 14.3 Å². The molecule has 1 aromatic heterocycles. The molecule has 0 saturated heterocycles. The van der Waals surface area contributed by atoms with Crippen LogP contribution < -0.4 is 0 Å². The Bertz CT molecular complexity index is 930. The molecule has 1 aliphatic rings. The minimum Gasteiger partial charge on any atom is -0.481 e. The number of rotatable bonds is 4. The number of para-hydroxylation sites is 1. The van der Waals surface area contributed by atoms with Crippen LogP contribution in [0.4, 0.5) is 4.39 Å². The van der Waals surface area contributed by atoms with E-state index in [-0.39, 0.29) is 12.2 Å². The summed E-state index contributed by atoms with van der Waals surface area (Å²) in [5.74, 6) is -0.847. The largest absolute Gasteiger partial charge is 0.481 e. The fraction of sp³-hybridized carbons (Fsp3) is 0.200. The van der Waals surface area contributed by atoms with Crippen molar-refractivity contribution in [2.45, 2.75) is 25.2 Å². The molecule has 120 valence electrons. The van der Waals surface area contributed by atoms with E-state index in [4.69, 9.17) is 4.98 Å². The first-order chi connectivity index (χ1) is 11.6. The maximum Gasteiger partial charge on any atom is 0.307 e. The Morgan fingerprint density at radius 1 is 1.12 bits per heavy atom. The van der Waals surface area contributed by atoms with Crippen LogP contribution in [0.1, 0.15) is 30.0 Å².